The fourth-order valence-electron chi connectivity index (χ4n) is 1.42. The molecule has 88 valence electrons. The van der Waals surface area contributed by atoms with Crippen molar-refractivity contribution in [3.63, 3.8) is 0 Å². The lowest BCUT2D eigenvalue weighted by atomic mass is 10.2. The molecule has 0 saturated carbocycles. The Morgan fingerprint density at radius 3 is 2.35 bits per heavy atom. The van der Waals surface area contributed by atoms with Gasteiger partial charge in [-0.3, -0.25) is 0 Å². The third kappa shape index (κ3) is 2.60. The maximum atomic E-state index is 13.6. The maximum absolute atomic E-state index is 13.6. The molecule has 4 heteroatoms. The van der Waals surface area contributed by atoms with Gasteiger partial charge in [0.2, 0.25) is 0 Å². The molecular weight excluding hydrogens is 224 g/mol. The van der Waals surface area contributed by atoms with Crippen LogP contribution in [0.4, 0.5) is 8.78 Å². The molecule has 0 aliphatic heterocycles. The summed E-state index contributed by atoms with van der Waals surface area (Å²) in [6.45, 7) is -0.0473. The van der Waals surface area contributed by atoms with Gasteiger partial charge in [0.05, 0.1) is 0 Å². The fraction of sp³-hybridized carbons (Fsp3) is 0.0769. The quantitative estimate of drug-likeness (QED) is 0.886. The standard InChI is InChI=1S/C13H11F2NO/c14-11-7-13(12(15)6-9(11)8-16)17-10-4-2-1-3-5-10/h1-7H,8,16H2. The van der Waals surface area contributed by atoms with Crippen LogP contribution in [0, 0.1) is 11.6 Å². The first kappa shape index (κ1) is 11.5. The molecule has 0 bridgehead atoms. The van der Waals surface area contributed by atoms with Gasteiger partial charge in [0, 0.05) is 18.2 Å². The molecule has 0 aliphatic carbocycles. The molecule has 2 N–H and O–H groups in total. The number of halogens is 2. The van der Waals surface area contributed by atoms with Crippen molar-refractivity contribution >= 4 is 0 Å². The van der Waals surface area contributed by atoms with Gasteiger partial charge in [-0.25, -0.2) is 8.78 Å². The number of para-hydroxylation sites is 1. The number of hydrogen-bond donors (Lipinski definition) is 1. The summed E-state index contributed by atoms with van der Waals surface area (Å²) >= 11 is 0. The minimum absolute atomic E-state index is 0.0473. The van der Waals surface area contributed by atoms with Crippen LogP contribution in [0.5, 0.6) is 11.5 Å². The molecule has 0 amide bonds. The van der Waals surface area contributed by atoms with E-state index in [2.05, 4.69) is 0 Å². The van der Waals surface area contributed by atoms with E-state index in [0.29, 0.717) is 5.75 Å². The van der Waals surface area contributed by atoms with Crippen LogP contribution >= 0.6 is 0 Å². The number of rotatable bonds is 3. The molecule has 2 aromatic rings. The van der Waals surface area contributed by atoms with Crippen molar-refractivity contribution in [2.45, 2.75) is 6.54 Å². The van der Waals surface area contributed by atoms with Crippen LogP contribution in [-0.4, -0.2) is 0 Å². The van der Waals surface area contributed by atoms with Crippen LogP contribution in [0.1, 0.15) is 5.56 Å². The van der Waals surface area contributed by atoms with Gasteiger partial charge in [0.25, 0.3) is 0 Å². The van der Waals surface area contributed by atoms with Gasteiger partial charge in [-0.2, -0.15) is 0 Å². The highest BCUT2D eigenvalue weighted by Gasteiger charge is 2.10. The molecule has 0 radical (unpaired) electrons. The molecule has 0 heterocycles. The van der Waals surface area contributed by atoms with Crippen molar-refractivity contribution in [2.75, 3.05) is 0 Å². The summed E-state index contributed by atoms with van der Waals surface area (Å²) in [5, 5.41) is 0. The van der Waals surface area contributed by atoms with Gasteiger partial charge in [0.1, 0.15) is 11.6 Å². The number of ether oxygens (including phenoxy) is 1. The number of hydrogen-bond acceptors (Lipinski definition) is 2. The van der Waals surface area contributed by atoms with Crippen molar-refractivity contribution in [3.05, 3.63) is 59.7 Å². The van der Waals surface area contributed by atoms with E-state index in [0.717, 1.165) is 12.1 Å². The average molecular weight is 235 g/mol. The summed E-state index contributed by atoms with van der Waals surface area (Å²) in [4.78, 5) is 0. The van der Waals surface area contributed by atoms with Crippen LogP contribution in [-0.2, 0) is 6.54 Å². The second-order valence-electron chi connectivity index (χ2n) is 3.49. The Labute approximate surface area is 97.6 Å². The SMILES string of the molecule is NCc1cc(F)c(Oc2ccccc2)cc1F. The second kappa shape index (κ2) is 4.93. The zero-order valence-corrected chi connectivity index (χ0v) is 8.99. The molecule has 2 nitrogen and oxygen atoms in total. The summed E-state index contributed by atoms with van der Waals surface area (Å²) < 4.78 is 32.2. The van der Waals surface area contributed by atoms with E-state index in [-0.39, 0.29) is 17.9 Å². The van der Waals surface area contributed by atoms with Gasteiger partial charge in [-0.15, -0.1) is 0 Å². The number of benzene rings is 2. The average Bonchev–Trinajstić information content (AvgIpc) is 2.34. The van der Waals surface area contributed by atoms with Crippen molar-refractivity contribution < 1.29 is 13.5 Å². The molecule has 0 atom stereocenters. The highest BCUT2D eigenvalue weighted by molar-refractivity contribution is 5.35. The first-order chi connectivity index (χ1) is 8.20. The van der Waals surface area contributed by atoms with Gasteiger partial charge in [0.15, 0.2) is 11.6 Å². The molecule has 0 unspecified atom stereocenters. The summed E-state index contributed by atoms with van der Waals surface area (Å²) in [7, 11) is 0. The molecule has 0 aromatic heterocycles. The monoisotopic (exact) mass is 235 g/mol. The minimum atomic E-state index is -0.629. The predicted molar refractivity (Wildman–Crippen MR) is 60.8 cm³/mol. The lowest BCUT2D eigenvalue weighted by Gasteiger charge is -2.08. The van der Waals surface area contributed by atoms with Crippen LogP contribution in [0.2, 0.25) is 0 Å². The molecule has 2 rings (SSSR count). The maximum Gasteiger partial charge on any atom is 0.166 e. The van der Waals surface area contributed by atoms with Crippen LogP contribution in [0.3, 0.4) is 0 Å². The Bertz CT molecular complexity index is 514. The van der Waals surface area contributed by atoms with Crippen molar-refractivity contribution in [1.82, 2.24) is 0 Å². The minimum Gasteiger partial charge on any atom is -0.454 e. The lowest BCUT2D eigenvalue weighted by molar-refractivity contribution is 0.435. The zero-order valence-electron chi connectivity index (χ0n) is 8.99. The summed E-state index contributed by atoms with van der Waals surface area (Å²) in [5.41, 5.74) is 5.40. The molecule has 0 aliphatic rings. The summed E-state index contributed by atoms with van der Waals surface area (Å²) in [5.74, 6) is -0.896. The van der Waals surface area contributed by atoms with Crippen LogP contribution < -0.4 is 10.5 Å². The van der Waals surface area contributed by atoms with Crippen molar-refractivity contribution in [2.24, 2.45) is 5.73 Å². The molecule has 0 saturated heterocycles. The van der Waals surface area contributed by atoms with Crippen molar-refractivity contribution in [3.8, 4) is 11.5 Å². The predicted octanol–water partition coefficient (Wildman–Crippen LogP) is 3.22. The van der Waals surface area contributed by atoms with E-state index < -0.39 is 11.6 Å². The largest absolute Gasteiger partial charge is 0.454 e. The van der Waals surface area contributed by atoms with E-state index in [1.54, 1.807) is 30.3 Å². The van der Waals surface area contributed by atoms with E-state index in [9.17, 15) is 8.78 Å². The first-order valence-electron chi connectivity index (χ1n) is 5.11. The molecule has 2 aromatic carbocycles. The Morgan fingerprint density at radius 1 is 1.00 bits per heavy atom. The topological polar surface area (TPSA) is 35.2 Å². The lowest BCUT2D eigenvalue weighted by Crippen LogP contribution is -2.01. The third-order valence-corrected chi connectivity index (χ3v) is 2.29. The van der Waals surface area contributed by atoms with E-state index in [4.69, 9.17) is 10.5 Å². The first-order valence-corrected chi connectivity index (χ1v) is 5.11. The van der Waals surface area contributed by atoms with Crippen molar-refractivity contribution in [1.29, 1.82) is 0 Å². The Balaban J connectivity index is 2.31. The molecular formula is C13H11F2NO. The summed E-state index contributed by atoms with van der Waals surface area (Å²) in [6, 6.07) is 10.7. The normalized spacial score (nSPS) is 10.3. The van der Waals surface area contributed by atoms with E-state index in [1.807, 2.05) is 0 Å². The molecule has 0 spiro atoms. The third-order valence-electron chi connectivity index (χ3n) is 2.29. The highest BCUT2D eigenvalue weighted by Crippen LogP contribution is 2.26. The van der Waals surface area contributed by atoms with E-state index in [1.165, 1.54) is 0 Å². The Morgan fingerprint density at radius 2 is 1.71 bits per heavy atom. The second-order valence-corrected chi connectivity index (χ2v) is 3.49. The van der Waals surface area contributed by atoms with Gasteiger partial charge >= 0.3 is 0 Å². The molecule has 17 heavy (non-hydrogen) atoms. The highest BCUT2D eigenvalue weighted by atomic mass is 19.1. The Hall–Kier alpha value is -1.94. The van der Waals surface area contributed by atoms with Gasteiger partial charge in [-0.1, -0.05) is 18.2 Å². The Kier molecular flexibility index (Phi) is 3.35. The van der Waals surface area contributed by atoms with Gasteiger partial charge in [-0.05, 0) is 18.2 Å². The number of nitrogens with two attached hydrogens (primary N) is 1. The van der Waals surface area contributed by atoms with Crippen LogP contribution in [0.15, 0.2) is 42.5 Å². The molecule has 0 fully saturated rings. The zero-order chi connectivity index (χ0) is 12.3. The van der Waals surface area contributed by atoms with E-state index >= 15 is 0 Å². The smallest absolute Gasteiger partial charge is 0.166 e. The van der Waals surface area contributed by atoms with Gasteiger partial charge < -0.3 is 10.5 Å². The summed E-state index contributed by atoms with van der Waals surface area (Å²) in [6.07, 6.45) is 0. The van der Waals surface area contributed by atoms with Crippen LogP contribution in [0.25, 0.3) is 0 Å². The fourth-order valence-corrected chi connectivity index (χ4v) is 1.42.